The average Bonchev–Trinajstić information content (AvgIpc) is 1.52. The molecule has 0 heterocycles. The van der Waals surface area contributed by atoms with E-state index in [0.29, 0.717) is 0 Å². The molecule has 2 nitrogen and oxygen atoms in total. The Hall–Kier alpha value is -10.3. The summed E-state index contributed by atoms with van der Waals surface area (Å²) in [6.45, 7) is 14.0. The summed E-state index contributed by atoms with van der Waals surface area (Å²) >= 11 is 0. The van der Waals surface area contributed by atoms with Crippen LogP contribution >= 0.6 is 0 Å². The van der Waals surface area contributed by atoms with Gasteiger partial charge in [-0.3, -0.25) is 0 Å². The Bertz CT molecular complexity index is 4570. The van der Waals surface area contributed by atoms with Crippen LogP contribution < -0.4 is 9.80 Å². The minimum Gasteiger partial charge on any atom is -0.310 e. The third-order valence-corrected chi connectivity index (χ3v) is 19.4. The van der Waals surface area contributed by atoms with E-state index in [1.54, 1.807) is 0 Å². The molecule has 88 heavy (non-hydrogen) atoms. The van der Waals surface area contributed by atoms with Crippen LogP contribution in [0.15, 0.2) is 303 Å². The van der Waals surface area contributed by atoms with Crippen molar-refractivity contribution in [3.63, 3.8) is 0 Å². The molecule has 0 atom stereocenters. The highest BCUT2D eigenvalue weighted by Crippen LogP contribution is 2.59. The van der Waals surface area contributed by atoms with Gasteiger partial charge in [0.05, 0.1) is 22.2 Å². The molecule has 0 aliphatic heterocycles. The molecule has 2 aliphatic carbocycles. The molecular weight excluding hydrogens is 1060 g/mol. The molecule has 14 aromatic carbocycles. The van der Waals surface area contributed by atoms with Crippen molar-refractivity contribution < 1.29 is 0 Å². The quantitative estimate of drug-likeness (QED) is 0.126. The van der Waals surface area contributed by atoms with Gasteiger partial charge in [-0.25, -0.2) is 0 Å². The Balaban J connectivity index is 0.895. The van der Waals surface area contributed by atoms with E-state index < -0.39 is 10.8 Å². The van der Waals surface area contributed by atoms with Crippen molar-refractivity contribution in [2.24, 2.45) is 0 Å². The molecule has 2 heteroatoms. The topological polar surface area (TPSA) is 6.48 Å². The van der Waals surface area contributed by atoms with Gasteiger partial charge in [0, 0.05) is 33.5 Å². The van der Waals surface area contributed by atoms with Crippen molar-refractivity contribution in [1.29, 1.82) is 0 Å². The maximum atomic E-state index is 2.54. The first kappa shape index (κ1) is 53.2. The van der Waals surface area contributed by atoms with Gasteiger partial charge in [0.25, 0.3) is 0 Å². The average molecular weight is 1130 g/mol. The number of anilines is 6. The first-order valence-corrected chi connectivity index (χ1v) is 31.2. The second-order valence-electron chi connectivity index (χ2n) is 26.3. The first-order valence-electron chi connectivity index (χ1n) is 31.2. The highest BCUT2D eigenvalue weighted by molar-refractivity contribution is 6.28. The maximum Gasteiger partial charge on any atom is 0.0713 e. The Labute approximate surface area is 517 Å². The third-order valence-electron chi connectivity index (χ3n) is 19.4. The highest BCUT2D eigenvalue weighted by atomic mass is 15.2. The fourth-order valence-corrected chi connectivity index (χ4v) is 15.7. The van der Waals surface area contributed by atoms with Gasteiger partial charge >= 0.3 is 0 Å². The molecule has 0 fully saturated rings. The molecule has 0 aromatic heterocycles. The SMILES string of the molecule is CC(C)(C)c1ccccc1N(c1ccc(C2(c3ccccc3)c3ccccc3-c3ccccc32)cc1)c1ccc2ccc3c(N(c4ccc(C5(c6ccccc6)c6ccccc6-c6ccccc65)cc4)c4ccccc4C(C)(C)C)ccc4ccc1c2c43. The fourth-order valence-electron chi connectivity index (χ4n) is 15.7. The van der Waals surface area contributed by atoms with Gasteiger partial charge in [-0.15, -0.1) is 0 Å². The number of hydrogen-bond donors (Lipinski definition) is 0. The van der Waals surface area contributed by atoms with Crippen LogP contribution in [0.4, 0.5) is 34.1 Å². The van der Waals surface area contributed by atoms with Crippen molar-refractivity contribution in [2.75, 3.05) is 9.80 Å². The van der Waals surface area contributed by atoms with Crippen molar-refractivity contribution in [2.45, 2.75) is 63.2 Å². The lowest BCUT2D eigenvalue weighted by Crippen LogP contribution is -2.28. The Kier molecular flexibility index (Phi) is 12.2. The number of nitrogens with zero attached hydrogens (tertiary/aromatic N) is 2. The Morgan fingerprint density at radius 2 is 0.523 bits per heavy atom. The normalized spacial score (nSPS) is 13.8. The number of benzene rings is 14. The first-order chi connectivity index (χ1) is 43.0. The largest absolute Gasteiger partial charge is 0.310 e. The summed E-state index contributed by atoms with van der Waals surface area (Å²) in [5.74, 6) is 0. The molecule has 0 saturated carbocycles. The second kappa shape index (κ2) is 20.2. The van der Waals surface area contributed by atoms with Crippen molar-refractivity contribution in [1.82, 2.24) is 0 Å². The van der Waals surface area contributed by atoms with Gasteiger partial charge in [-0.2, -0.15) is 0 Å². The molecule has 0 spiro atoms. The van der Waals surface area contributed by atoms with Gasteiger partial charge in [0.1, 0.15) is 0 Å². The van der Waals surface area contributed by atoms with E-state index in [2.05, 4.69) is 355 Å². The lowest BCUT2D eigenvalue weighted by molar-refractivity contribution is 0.590. The van der Waals surface area contributed by atoms with E-state index in [0.717, 1.165) is 22.7 Å². The number of hydrogen-bond acceptors (Lipinski definition) is 2. The summed E-state index contributed by atoms with van der Waals surface area (Å²) in [5.41, 5.74) is 23.5. The molecule has 0 saturated heterocycles. The van der Waals surface area contributed by atoms with Gasteiger partial charge in [-0.1, -0.05) is 296 Å². The molecule has 16 rings (SSSR count). The van der Waals surface area contributed by atoms with Gasteiger partial charge in [0.2, 0.25) is 0 Å². The molecule has 422 valence electrons. The van der Waals surface area contributed by atoms with Crippen LogP contribution in [0.3, 0.4) is 0 Å². The minimum atomic E-state index is -0.506. The van der Waals surface area contributed by atoms with E-state index in [9.17, 15) is 0 Å². The molecule has 0 unspecified atom stereocenters. The van der Waals surface area contributed by atoms with Crippen LogP contribution in [0, 0.1) is 0 Å². The van der Waals surface area contributed by atoms with Crippen LogP contribution in [0.5, 0.6) is 0 Å². The Morgan fingerprint density at radius 1 is 0.239 bits per heavy atom. The standard InChI is InChI=1S/C86H68N2/c1-83(2,3)75-37-21-23-39-79(75)87(63-49-45-61(46-50-63)85(59-25-9-7-10-26-59)71-33-17-13-29-65(71)66-30-14-18-34-72(66)85)77-55-43-57-42-54-70-78(56-44-58-41-53-69(77)81(57)82(58)70)88(80-40-24-22-38-76(80)84(4,5)6)64-51-47-62(48-52-64)86(60-27-11-8-12-28-60)73-35-19-15-31-67(73)68-32-16-20-36-74(68)86/h7-56H,1-6H3. The van der Waals surface area contributed by atoms with Crippen LogP contribution in [-0.4, -0.2) is 0 Å². The lowest BCUT2D eigenvalue weighted by Gasteiger charge is -2.36. The van der Waals surface area contributed by atoms with Crippen LogP contribution in [-0.2, 0) is 21.7 Å². The van der Waals surface area contributed by atoms with Gasteiger partial charge < -0.3 is 9.80 Å². The van der Waals surface area contributed by atoms with Gasteiger partial charge in [-0.05, 0) is 159 Å². The highest BCUT2D eigenvalue weighted by Gasteiger charge is 2.47. The summed E-state index contributed by atoms with van der Waals surface area (Å²) in [5, 5.41) is 7.35. The minimum absolute atomic E-state index is 0.151. The second-order valence-corrected chi connectivity index (χ2v) is 26.3. The van der Waals surface area contributed by atoms with Crippen molar-refractivity contribution in [3.05, 3.63) is 359 Å². The third kappa shape index (κ3) is 7.87. The fraction of sp³-hybridized carbons (Fsp3) is 0.116. The zero-order valence-corrected chi connectivity index (χ0v) is 50.8. The number of rotatable bonds is 10. The van der Waals surface area contributed by atoms with E-state index in [1.807, 2.05) is 0 Å². The smallest absolute Gasteiger partial charge is 0.0713 e. The van der Waals surface area contributed by atoms with E-state index in [-0.39, 0.29) is 10.8 Å². The monoisotopic (exact) mass is 1130 g/mol. The zero-order chi connectivity index (χ0) is 59.5. The van der Waals surface area contributed by atoms with Crippen molar-refractivity contribution in [3.8, 4) is 22.3 Å². The Morgan fingerprint density at radius 3 is 0.864 bits per heavy atom. The number of fused-ring (bicyclic) bond motifs is 6. The summed E-state index contributed by atoms with van der Waals surface area (Å²) in [6.07, 6.45) is 0. The molecule has 14 aromatic rings. The zero-order valence-electron chi connectivity index (χ0n) is 50.8. The summed E-state index contributed by atoms with van der Waals surface area (Å²) in [7, 11) is 0. The van der Waals surface area contributed by atoms with Crippen LogP contribution in [0.2, 0.25) is 0 Å². The molecule has 0 amide bonds. The molecular formula is C86H68N2. The predicted octanol–water partition coefficient (Wildman–Crippen LogP) is 22.8. The summed E-state index contributed by atoms with van der Waals surface area (Å²) in [4.78, 5) is 5.08. The predicted molar refractivity (Wildman–Crippen MR) is 372 cm³/mol. The van der Waals surface area contributed by atoms with E-state index in [4.69, 9.17) is 0 Å². The van der Waals surface area contributed by atoms with E-state index >= 15 is 0 Å². The maximum absolute atomic E-state index is 2.54. The molecule has 0 bridgehead atoms. The van der Waals surface area contributed by atoms with Crippen LogP contribution in [0.1, 0.15) is 97.2 Å². The van der Waals surface area contributed by atoms with Crippen LogP contribution in [0.25, 0.3) is 54.6 Å². The summed E-state index contributed by atoms with van der Waals surface area (Å²) < 4.78 is 0. The van der Waals surface area contributed by atoms with E-state index in [1.165, 1.54) is 122 Å². The summed E-state index contributed by atoms with van der Waals surface area (Å²) in [6, 6.07) is 114. The molecule has 0 radical (unpaired) electrons. The van der Waals surface area contributed by atoms with Crippen molar-refractivity contribution >= 4 is 66.4 Å². The molecule has 2 aliphatic rings. The lowest BCUT2D eigenvalue weighted by atomic mass is 9.67. The molecule has 0 N–H and O–H groups in total. The number of para-hydroxylation sites is 2. The van der Waals surface area contributed by atoms with Gasteiger partial charge in [0.15, 0.2) is 0 Å².